The van der Waals surface area contributed by atoms with E-state index in [0.717, 1.165) is 29.7 Å². The van der Waals surface area contributed by atoms with Crippen molar-refractivity contribution < 1.29 is 9.59 Å². The van der Waals surface area contributed by atoms with Crippen molar-refractivity contribution in [1.82, 2.24) is 0 Å². The van der Waals surface area contributed by atoms with Gasteiger partial charge in [0.15, 0.2) is 0 Å². The highest BCUT2D eigenvalue weighted by molar-refractivity contribution is 7.17. The molecule has 0 unspecified atom stereocenters. The van der Waals surface area contributed by atoms with Crippen LogP contribution in [0, 0.1) is 11.3 Å². The molecule has 1 aromatic heterocycles. The Morgan fingerprint density at radius 3 is 2.58 bits per heavy atom. The first-order valence-electron chi connectivity index (χ1n) is 8.68. The molecule has 3 N–H and O–H groups in total. The minimum atomic E-state index is -0.494. The molecule has 3 rings (SSSR count). The summed E-state index contributed by atoms with van der Waals surface area (Å²) in [5.74, 6) is -0.281. The summed E-state index contributed by atoms with van der Waals surface area (Å²) in [4.78, 5) is 25.8. The summed E-state index contributed by atoms with van der Waals surface area (Å²) >= 11 is 7.57. The smallest absolute Gasteiger partial charge is 0.257 e. The first-order chi connectivity index (χ1) is 12.2. The van der Waals surface area contributed by atoms with Crippen LogP contribution in [0.25, 0.3) is 0 Å². The van der Waals surface area contributed by atoms with Gasteiger partial charge in [-0.05, 0) is 48.3 Å². The zero-order valence-corrected chi connectivity index (χ0v) is 16.8. The lowest BCUT2D eigenvalue weighted by molar-refractivity contribution is 0.1000. The van der Waals surface area contributed by atoms with Gasteiger partial charge in [0.25, 0.3) is 11.8 Å². The number of nitrogens with two attached hydrogens (primary N) is 1. The van der Waals surface area contributed by atoms with E-state index in [0.29, 0.717) is 27.1 Å². The predicted molar refractivity (Wildman–Crippen MR) is 107 cm³/mol. The van der Waals surface area contributed by atoms with Crippen molar-refractivity contribution in [2.45, 2.75) is 40.0 Å². The summed E-state index contributed by atoms with van der Waals surface area (Å²) in [5.41, 5.74) is 7.67. The molecular weight excluding hydrogens is 368 g/mol. The summed E-state index contributed by atoms with van der Waals surface area (Å²) in [5, 5.41) is 3.76. The van der Waals surface area contributed by atoms with Crippen LogP contribution in [0.4, 0.5) is 5.00 Å². The van der Waals surface area contributed by atoms with Crippen molar-refractivity contribution in [1.29, 1.82) is 0 Å². The second kappa shape index (κ2) is 7.05. The van der Waals surface area contributed by atoms with Crippen LogP contribution in [0.1, 0.15) is 58.3 Å². The SMILES string of the molecule is CC(C)(C)[C@H]1CCc2c(sc(NC(=O)c3ccccc3Cl)c2C(N)=O)C1. The van der Waals surface area contributed by atoms with Gasteiger partial charge in [0.05, 0.1) is 16.1 Å². The van der Waals surface area contributed by atoms with E-state index in [2.05, 4.69) is 26.1 Å². The number of fused-ring (bicyclic) bond motifs is 1. The van der Waals surface area contributed by atoms with Crippen LogP contribution >= 0.6 is 22.9 Å². The molecule has 1 atom stereocenters. The maximum atomic E-state index is 12.6. The van der Waals surface area contributed by atoms with Gasteiger partial charge >= 0.3 is 0 Å². The number of hydrogen-bond donors (Lipinski definition) is 2. The molecule has 0 radical (unpaired) electrons. The molecule has 6 heteroatoms. The fourth-order valence-electron chi connectivity index (χ4n) is 3.49. The van der Waals surface area contributed by atoms with Gasteiger partial charge in [0.2, 0.25) is 0 Å². The number of rotatable bonds is 3. The lowest BCUT2D eigenvalue weighted by atomic mass is 9.72. The van der Waals surface area contributed by atoms with Crippen molar-refractivity contribution in [2.24, 2.45) is 17.1 Å². The summed E-state index contributed by atoms with van der Waals surface area (Å²) in [7, 11) is 0. The first kappa shape index (κ1) is 18.9. The molecule has 0 saturated heterocycles. The molecule has 0 bridgehead atoms. The molecule has 138 valence electrons. The summed E-state index contributed by atoms with van der Waals surface area (Å²) in [6.07, 6.45) is 2.74. The fraction of sp³-hybridized carbons (Fsp3) is 0.400. The van der Waals surface area contributed by atoms with Crippen molar-refractivity contribution in [3.05, 3.63) is 50.9 Å². The molecule has 1 aromatic carbocycles. The standard InChI is InChI=1S/C20H23ClN2O2S/c1-20(2,3)11-8-9-13-15(10-11)26-19(16(13)17(22)24)23-18(25)12-6-4-5-7-14(12)21/h4-7,11H,8-10H2,1-3H3,(H2,22,24)(H,23,25)/t11-/m0/s1. The third kappa shape index (κ3) is 3.64. The second-order valence-corrected chi connectivity index (χ2v) is 9.32. The van der Waals surface area contributed by atoms with Gasteiger partial charge in [-0.15, -0.1) is 11.3 Å². The Morgan fingerprint density at radius 2 is 1.96 bits per heavy atom. The Morgan fingerprint density at radius 1 is 1.27 bits per heavy atom. The van der Waals surface area contributed by atoms with Crippen LogP contribution in [0.5, 0.6) is 0 Å². The highest BCUT2D eigenvalue weighted by Crippen LogP contribution is 2.44. The molecular formula is C20H23ClN2O2S. The lowest BCUT2D eigenvalue weighted by Crippen LogP contribution is -2.27. The number of anilines is 1. The predicted octanol–water partition coefficient (Wildman–Crippen LogP) is 4.90. The van der Waals surface area contributed by atoms with Crippen LogP contribution in [0.15, 0.2) is 24.3 Å². The van der Waals surface area contributed by atoms with E-state index in [1.807, 2.05) is 0 Å². The number of thiophene rings is 1. The second-order valence-electron chi connectivity index (χ2n) is 7.81. The zero-order valence-electron chi connectivity index (χ0n) is 15.2. The van der Waals surface area contributed by atoms with Gasteiger partial charge in [-0.1, -0.05) is 44.5 Å². The van der Waals surface area contributed by atoms with Crippen molar-refractivity contribution in [3.8, 4) is 0 Å². The number of halogens is 1. The average Bonchev–Trinajstić information content (AvgIpc) is 2.91. The van der Waals surface area contributed by atoms with E-state index >= 15 is 0 Å². The zero-order chi connectivity index (χ0) is 19.1. The molecule has 1 aliphatic carbocycles. The Kier molecular flexibility index (Phi) is 5.13. The Hall–Kier alpha value is -1.85. The molecule has 4 nitrogen and oxygen atoms in total. The third-order valence-corrected chi connectivity index (χ3v) is 6.58. The topological polar surface area (TPSA) is 72.2 Å². The van der Waals surface area contributed by atoms with E-state index in [9.17, 15) is 9.59 Å². The van der Waals surface area contributed by atoms with Gasteiger partial charge in [-0.25, -0.2) is 0 Å². The van der Waals surface area contributed by atoms with E-state index in [1.54, 1.807) is 24.3 Å². The maximum Gasteiger partial charge on any atom is 0.257 e. The molecule has 26 heavy (non-hydrogen) atoms. The molecule has 0 fully saturated rings. The van der Waals surface area contributed by atoms with Crippen LogP contribution in [-0.2, 0) is 12.8 Å². The fourth-order valence-corrected chi connectivity index (χ4v) is 5.04. The normalized spacial score (nSPS) is 16.8. The number of amides is 2. The summed E-state index contributed by atoms with van der Waals surface area (Å²) in [6, 6.07) is 6.84. The Labute approximate surface area is 162 Å². The Bertz CT molecular complexity index is 867. The van der Waals surface area contributed by atoms with Crippen molar-refractivity contribution in [3.63, 3.8) is 0 Å². The largest absolute Gasteiger partial charge is 0.365 e. The first-order valence-corrected chi connectivity index (χ1v) is 9.88. The minimum absolute atomic E-state index is 0.204. The molecule has 2 amide bonds. The molecule has 0 spiro atoms. The number of primary amides is 1. The highest BCUT2D eigenvalue weighted by atomic mass is 35.5. The maximum absolute atomic E-state index is 12.6. The molecule has 0 aliphatic heterocycles. The van der Waals surface area contributed by atoms with Crippen molar-refractivity contribution >= 4 is 39.8 Å². The number of hydrogen-bond acceptors (Lipinski definition) is 3. The monoisotopic (exact) mass is 390 g/mol. The van der Waals surface area contributed by atoms with Gasteiger partial charge in [-0.3, -0.25) is 9.59 Å². The third-order valence-electron chi connectivity index (χ3n) is 5.08. The molecule has 2 aromatic rings. The minimum Gasteiger partial charge on any atom is -0.365 e. The summed E-state index contributed by atoms with van der Waals surface area (Å²) in [6.45, 7) is 6.72. The van der Waals surface area contributed by atoms with Crippen molar-refractivity contribution in [2.75, 3.05) is 5.32 Å². The van der Waals surface area contributed by atoms with Crippen LogP contribution in [0.3, 0.4) is 0 Å². The number of nitrogens with one attached hydrogen (secondary N) is 1. The van der Waals surface area contributed by atoms with E-state index < -0.39 is 5.91 Å². The van der Waals surface area contributed by atoms with Gasteiger partial charge in [0, 0.05) is 4.88 Å². The number of carbonyl (C=O) groups excluding carboxylic acids is 2. The number of carbonyl (C=O) groups is 2. The molecule has 1 heterocycles. The molecule has 0 saturated carbocycles. The summed E-state index contributed by atoms with van der Waals surface area (Å²) < 4.78 is 0. The average molecular weight is 391 g/mol. The van der Waals surface area contributed by atoms with E-state index in [-0.39, 0.29) is 11.3 Å². The van der Waals surface area contributed by atoms with E-state index in [4.69, 9.17) is 17.3 Å². The van der Waals surface area contributed by atoms with Gasteiger partial charge < -0.3 is 11.1 Å². The van der Waals surface area contributed by atoms with Crippen LogP contribution in [-0.4, -0.2) is 11.8 Å². The highest BCUT2D eigenvalue weighted by Gasteiger charge is 2.33. The van der Waals surface area contributed by atoms with Crippen LogP contribution in [0.2, 0.25) is 5.02 Å². The van der Waals surface area contributed by atoms with Crippen LogP contribution < -0.4 is 11.1 Å². The van der Waals surface area contributed by atoms with Gasteiger partial charge in [-0.2, -0.15) is 0 Å². The molecule has 1 aliphatic rings. The number of benzene rings is 1. The van der Waals surface area contributed by atoms with Gasteiger partial charge in [0.1, 0.15) is 5.00 Å². The Balaban J connectivity index is 1.94. The van der Waals surface area contributed by atoms with E-state index in [1.165, 1.54) is 11.3 Å². The lowest BCUT2D eigenvalue weighted by Gasteiger charge is -2.33. The quantitative estimate of drug-likeness (QED) is 0.781.